The molecular formula is C19H22N2O2. The Morgan fingerprint density at radius 2 is 2.04 bits per heavy atom. The number of rotatable bonds is 4. The van der Waals surface area contributed by atoms with Crippen molar-refractivity contribution >= 4 is 5.91 Å². The highest BCUT2D eigenvalue weighted by atomic mass is 16.5. The van der Waals surface area contributed by atoms with E-state index >= 15 is 0 Å². The van der Waals surface area contributed by atoms with Gasteiger partial charge in [0.05, 0.1) is 6.04 Å². The van der Waals surface area contributed by atoms with Crippen molar-refractivity contribution in [2.24, 2.45) is 0 Å². The number of carbonyl (C=O) groups is 1. The predicted octanol–water partition coefficient (Wildman–Crippen LogP) is 3.73. The molecule has 2 heterocycles. The first-order chi connectivity index (χ1) is 11.3. The maximum absolute atomic E-state index is 11.9. The van der Waals surface area contributed by atoms with Crippen LogP contribution in [-0.2, 0) is 11.4 Å². The predicted molar refractivity (Wildman–Crippen MR) is 89.0 cm³/mol. The molecule has 4 heteroatoms. The van der Waals surface area contributed by atoms with E-state index in [1.165, 1.54) is 0 Å². The van der Waals surface area contributed by atoms with Gasteiger partial charge in [-0.25, -0.2) is 4.98 Å². The Hall–Kier alpha value is -2.36. The molecule has 1 aromatic heterocycles. The van der Waals surface area contributed by atoms with Crippen LogP contribution < -0.4 is 4.74 Å². The maximum Gasteiger partial charge on any atom is 0.219 e. The monoisotopic (exact) mass is 310 g/mol. The molecule has 1 aromatic carbocycles. The summed E-state index contributed by atoms with van der Waals surface area (Å²) in [6, 6.07) is 14.1. The third-order valence-corrected chi connectivity index (χ3v) is 4.29. The first-order valence-corrected chi connectivity index (χ1v) is 8.14. The SMILES string of the molecule is CC(=O)N1CCCC[C@H]1c1cccnc1OCc1ccccc1. The zero-order valence-corrected chi connectivity index (χ0v) is 13.4. The fourth-order valence-corrected chi connectivity index (χ4v) is 3.14. The summed E-state index contributed by atoms with van der Waals surface area (Å²) in [4.78, 5) is 18.3. The summed E-state index contributed by atoms with van der Waals surface area (Å²) in [5.74, 6) is 0.752. The Bertz CT molecular complexity index is 657. The number of pyridine rings is 1. The molecule has 1 aliphatic heterocycles. The van der Waals surface area contributed by atoms with Crippen molar-refractivity contribution in [1.82, 2.24) is 9.88 Å². The van der Waals surface area contributed by atoms with Gasteiger partial charge in [-0.05, 0) is 30.9 Å². The van der Waals surface area contributed by atoms with Crippen LogP contribution >= 0.6 is 0 Å². The summed E-state index contributed by atoms with van der Waals surface area (Å²) in [6.07, 6.45) is 4.90. The van der Waals surface area contributed by atoms with Gasteiger partial charge in [0.25, 0.3) is 0 Å². The third kappa shape index (κ3) is 3.70. The number of ether oxygens (including phenoxy) is 1. The van der Waals surface area contributed by atoms with Crippen molar-refractivity contribution in [3.63, 3.8) is 0 Å². The van der Waals surface area contributed by atoms with E-state index in [0.717, 1.165) is 36.9 Å². The van der Waals surface area contributed by atoms with Crippen LogP contribution in [0.1, 0.15) is 43.4 Å². The van der Waals surface area contributed by atoms with Crippen LogP contribution in [0.25, 0.3) is 0 Å². The summed E-state index contributed by atoms with van der Waals surface area (Å²) in [5, 5.41) is 0. The maximum atomic E-state index is 11.9. The first-order valence-electron chi connectivity index (χ1n) is 8.14. The number of carbonyl (C=O) groups excluding carboxylic acids is 1. The van der Waals surface area contributed by atoms with Crippen LogP contribution in [0.2, 0.25) is 0 Å². The molecule has 0 aliphatic carbocycles. The molecular weight excluding hydrogens is 288 g/mol. The molecule has 120 valence electrons. The average Bonchev–Trinajstić information content (AvgIpc) is 2.61. The Balaban J connectivity index is 1.80. The normalized spacial score (nSPS) is 17.8. The molecule has 1 fully saturated rings. The number of likely N-dealkylation sites (tertiary alicyclic amines) is 1. The van der Waals surface area contributed by atoms with Gasteiger partial charge in [0.2, 0.25) is 11.8 Å². The number of amides is 1. The van der Waals surface area contributed by atoms with Gasteiger partial charge in [-0.15, -0.1) is 0 Å². The summed E-state index contributed by atoms with van der Waals surface area (Å²) in [5.41, 5.74) is 2.12. The van der Waals surface area contributed by atoms with Gasteiger partial charge in [0, 0.05) is 25.2 Å². The molecule has 2 aromatic rings. The lowest BCUT2D eigenvalue weighted by Crippen LogP contribution is -2.37. The van der Waals surface area contributed by atoms with E-state index in [4.69, 9.17) is 4.74 Å². The van der Waals surface area contributed by atoms with Crippen LogP contribution in [0.4, 0.5) is 0 Å². The molecule has 1 aliphatic rings. The summed E-state index contributed by atoms with van der Waals surface area (Å²) < 4.78 is 5.96. The molecule has 0 unspecified atom stereocenters. The van der Waals surface area contributed by atoms with Gasteiger partial charge in [0.1, 0.15) is 6.61 Å². The topological polar surface area (TPSA) is 42.4 Å². The molecule has 23 heavy (non-hydrogen) atoms. The Morgan fingerprint density at radius 3 is 2.83 bits per heavy atom. The number of benzene rings is 1. The fourth-order valence-electron chi connectivity index (χ4n) is 3.14. The fraction of sp³-hybridized carbons (Fsp3) is 0.368. The highest BCUT2D eigenvalue weighted by molar-refractivity contribution is 5.74. The molecule has 4 nitrogen and oxygen atoms in total. The molecule has 0 radical (unpaired) electrons. The lowest BCUT2D eigenvalue weighted by molar-refractivity contribution is -0.132. The highest BCUT2D eigenvalue weighted by Crippen LogP contribution is 2.35. The van der Waals surface area contributed by atoms with E-state index in [2.05, 4.69) is 4.98 Å². The lowest BCUT2D eigenvalue weighted by atomic mass is 9.96. The average molecular weight is 310 g/mol. The molecule has 3 rings (SSSR count). The second kappa shape index (κ2) is 7.27. The Labute approximate surface area is 137 Å². The molecule has 0 bridgehead atoms. The van der Waals surface area contributed by atoms with Gasteiger partial charge >= 0.3 is 0 Å². The minimum Gasteiger partial charge on any atom is -0.473 e. The van der Waals surface area contributed by atoms with Crippen molar-refractivity contribution in [3.05, 3.63) is 59.8 Å². The van der Waals surface area contributed by atoms with Crippen molar-refractivity contribution in [2.75, 3.05) is 6.54 Å². The van der Waals surface area contributed by atoms with Crippen molar-refractivity contribution in [1.29, 1.82) is 0 Å². The zero-order chi connectivity index (χ0) is 16.1. The number of hydrogen-bond donors (Lipinski definition) is 0. The summed E-state index contributed by atoms with van der Waals surface area (Å²) in [7, 11) is 0. The van der Waals surface area contributed by atoms with Crippen LogP contribution in [-0.4, -0.2) is 22.3 Å². The third-order valence-electron chi connectivity index (χ3n) is 4.29. The Kier molecular flexibility index (Phi) is 4.91. The van der Waals surface area contributed by atoms with E-state index < -0.39 is 0 Å². The number of hydrogen-bond acceptors (Lipinski definition) is 3. The molecule has 0 N–H and O–H groups in total. The van der Waals surface area contributed by atoms with Gasteiger partial charge in [0.15, 0.2) is 0 Å². The van der Waals surface area contributed by atoms with Crippen LogP contribution in [0.15, 0.2) is 48.7 Å². The second-order valence-corrected chi connectivity index (χ2v) is 5.90. The van der Waals surface area contributed by atoms with Crippen molar-refractivity contribution in [2.45, 2.75) is 38.8 Å². The minimum absolute atomic E-state index is 0.0701. The Morgan fingerprint density at radius 1 is 1.22 bits per heavy atom. The highest BCUT2D eigenvalue weighted by Gasteiger charge is 2.28. The quantitative estimate of drug-likeness (QED) is 0.864. The van der Waals surface area contributed by atoms with E-state index in [9.17, 15) is 4.79 Å². The molecule has 1 amide bonds. The molecule has 1 atom stereocenters. The molecule has 1 saturated heterocycles. The summed E-state index contributed by atoms with van der Waals surface area (Å²) in [6.45, 7) is 2.93. The van der Waals surface area contributed by atoms with Crippen LogP contribution in [0, 0.1) is 0 Å². The number of aromatic nitrogens is 1. The van der Waals surface area contributed by atoms with E-state index in [1.54, 1.807) is 13.1 Å². The van der Waals surface area contributed by atoms with Gasteiger partial charge in [-0.2, -0.15) is 0 Å². The summed E-state index contributed by atoms with van der Waals surface area (Å²) >= 11 is 0. The van der Waals surface area contributed by atoms with Crippen molar-refractivity contribution < 1.29 is 9.53 Å². The standard InChI is InChI=1S/C19H22N2O2/c1-15(22)21-13-6-5-11-18(21)17-10-7-12-20-19(17)23-14-16-8-3-2-4-9-16/h2-4,7-10,12,18H,5-6,11,13-14H2,1H3/t18-/m0/s1. The minimum atomic E-state index is 0.0701. The smallest absolute Gasteiger partial charge is 0.219 e. The van der Waals surface area contributed by atoms with Crippen LogP contribution in [0.5, 0.6) is 5.88 Å². The van der Waals surface area contributed by atoms with E-state index in [0.29, 0.717) is 12.5 Å². The first kappa shape index (κ1) is 15.5. The van der Waals surface area contributed by atoms with E-state index in [1.807, 2.05) is 47.4 Å². The van der Waals surface area contributed by atoms with Gasteiger partial charge in [-0.3, -0.25) is 4.79 Å². The van der Waals surface area contributed by atoms with Crippen LogP contribution in [0.3, 0.4) is 0 Å². The van der Waals surface area contributed by atoms with Crippen molar-refractivity contribution in [3.8, 4) is 5.88 Å². The van der Waals surface area contributed by atoms with Gasteiger partial charge in [-0.1, -0.05) is 36.4 Å². The largest absolute Gasteiger partial charge is 0.473 e. The zero-order valence-electron chi connectivity index (χ0n) is 13.4. The lowest BCUT2D eigenvalue weighted by Gasteiger charge is -2.35. The number of nitrogens with zero attached hydrogens (tertiary/aromatic N) is 2. The van der Waals surface area contributed by atoms with E-state index in [-0.39, 0.29) is 11.9 Å². The number of piperidine rings is 1. The second-order valence-electron chi connectivity index (χ2n) is 5.90. The molecule has 0 spiro atoms. The van der Waals surface area contributed by atoms with Gasteiger partial charge < -0.3 is 9.64 Å². The molecule has 0 saturated carbocycles.